The molecule has 0 radical (unpaired) electrons. The predicted octanol–water partition coefficient (Wildman–Crippen LogP) is 2.06. The zero-order chi connectivity index (χ0) is 15.1. The SMILES string of the molecule is C[C@H](O)C[C@@H]1COCCN1C(=O)NCCC1=CCCCC1. The molecule has 5 nitrogen and oxygen atoms in total. The molecule has 2 rings (SSSR count). The van der Waals surface area contributed by atoms with Gasteiger partial charge < -0.3 is 20.1 Å². The highest BCUT2D eigenvalue weighted by atomic mass is 16.5. The molecule has 1 fully saturated rings. The topological polar surface area (TPSA) is 61.8 Å². The summed E-state index contributed by atoms with van der Waals surface area (Å²) in [6.07, 6.45) is 8.36. The Morgan fingerprint density at radius 2 is 2.43 bits per heavy atom. The van der Waals surface area contributed by atoms with Gasteiger partial charge in [-0.15, -0.1) is 0 Å². The van der Waals surface area contributed by atoms with Crippen LogP contribution in [0.3, 0.4) is 0 Å². The number of nitrogens with zero attached hydrogens (tertiary/aromatic N) is 1. The van der Waals surface area contributed by atoms with E-state index in [0.29, 0.717) is 32.7 Å². The van der Waals surface area contributed by atoms with Crippen LogP contribution in [0.1, 0.15) is 45.4 Å². The maximum Gasteiger partial charge on any atom is 0.317 e. The second kappa shape index (κ2) is 8.39. The summed E-state index contributed by atoms with van der Waals surface area (Å²) in [5, 5.41) is 12.5. The van der Waals surface area contributed by atoms with Gasteiger partial charge in [0.05, 0.1) is 25.4 Å². The number of allylic oxidation sites excluding steroid dienone is 1. The van der Waals surface area contributed by atoms with Crippen LogP contribution in [0.4, 0.5) is 4.79 Å². The molecule has 5 heteroatoms. The van der Waals surface area contributed by atoms with Crippen molar-refractivity contribution < 1.29 is 14.6 Å². The van der Waals surface area contributed by atoms with Crippen molar-refractivity contribution in [2.75, 3.05) is 26.3 Å². The van der Waals surface area contributed by atoms with Gasteiger partial charge in [-0.05, 0) is 45.4 Å². The fraction of sp³-hybridized carbons (Fsp3) is 0.812. The second-order valence-electron chi connectivity index (χ2n) is 6.10. The van der Waals surface area contributed by atoms with Crippen LogP contribution in [0.5, 0.6) is 0 Å². The molecule has 2 amide bonds. The number of rotatable bonds is 5. The van der Waals surface area contributed by atoms with Crippen LogP contribution in [0.15, 0.2) is 11.6 Å². The summed E-state index contributed by atoms with van der Waals surface area (Å²) in [5.74, 6) is 0. The maximum atomic E-state index is 12.3. The molecule has 2 N–H and O–H groups in total. The molecule has 2 aliphatic rings. The first-order valence-electron chi connectivity index (χ1n) is 8.15. The molecule has 1 aliphatic heterocycles. The number of hydrogen-bond acceptors (Lipinski definition) is 3. The van der Waals surface area contributed by atoms with Crippen LogP contribution in [-0.2, 0) is 4.74 Å². The molecule has 2 atom stereocenters. The molecular weight excluding hydrogens is 268 g/mol. The van der Waals surface area contributed by atoms with Crippen molar-refractivity contribution in [2.45, 2.75) is 57.6 Å². The van der Waals surface area contributed by atoms with E-state index in [1.165, 1.54) is 31.3 Å². The Labute approximate surface area is 127 Å². The molecular formula is C16H28N2O3. The summed E-state index contributed by atoms with van der Waals surface area (Å²) in [6, 6.07) is -0.0481. The molecule has 1 aliphatic carbocycles. The van der Waals surface area contributed by atoms with Crippen LogP contribution < -0.4 is 5.32 Å². The van der Waals surface area contributed by atoms with E-state index in [9.17, 15) is 9.90 Å². The van der Waals surface area contributed by atoms with E-state index in [-0.39, 0.29) is 12.1 Å². The van der Waals surface area contributed by atoms with Crippen LogP contribution in [0.25, 0.3) is 0 Å². The van der Waals surface area contributed by atoms with E-state index in [1.807, 2.05) is 4.90 Å². The molecule has 0 aromatic heterocycles. The summed E-state index contributed by atoms with van der Waals surface area (Å²) in [5.41, 5.74) is 1.48. The zero-order valence-electron chi connectivity index (χ0n) is 13.0. The highest BCUT2D eigenvalue weighted by Gasteiger charge is 2.28. The number of hydrogen-bond donors (Lipinski definition) is 2. The third kappa shape index (κ3) is 5.32. The van der Waals surface area contributed by atoms with Gasteiger partial charge in [-0.1, -0.05) is 11.6 Å². The van der Waals surface area contributed by atoms with Gasteiger partial charge in [0.2, 0.25) is 0 Å². The largest absolute Gasteiger partial charge is 0.393 e. The number of amides is 2. The summed E-state index contributed by atoms with van der Waals surface area (Å²) in [4.78, 5) is 14.1. The number of morpholine rings is 1. The van der Waals surface area contributed by atoms with E-state index in [4.69, 9.17) is 4.74 Å². The first-order valence-corrected chi connectivity index (χ1v) is 8.15. The van der Waals surface area contributed by atoms with Crippen LogP contribution in [0, 0.1) is 0 Å². The second-order valence-corrected chi connectivity index (χ2v) is 6.10. The first-order chi connectivity index (χ1) is 10.2. The molecule has 0 aromatic rings. The molecule has 1 heterocycles. The van der Waals surface area contributed by atoms with E-state index in [0.717, 1.165) is 6.42 Å². The lowest BCUT2D eigenvalue weighted by Crippen LogP contribution is -2.53. The third-order valence-electron chi connectivity index (χ3n) is 4.21. The first kappa shape index (κ1) is 16.3. The normalized spacial score (nSPS) is 24.4. The zero-order valence-corrected chi connectivity index (χ0v) is 13.0. The van der Waals surface area contributed by atoms with Crippen molar-refractivity contribution in [3.63, 3.8) is 0 Å². The maximum absolute atomic E-state index is 12.3. The predicted molar refractivity (Wildman–Crippen MR) is 82.2 cm³/mol. The average Bonchev–Trinajstić information content (AvgIpc) is 2.48. The number of aliphatic hydroxyl groups is 1. The minimum atomic E-state index is -0.417. The Bertz CT molecular complexity index is 369. The number of urea groups is 1. The quantitative estimate of drug-likeness (QED) is 0.763. The molecule has 120 valence electrons. The Morgan fingerprint density at radius 3 is 3.14 bits per heavy atom. The average molecular weight is 296 g/mol. The standard InChI is InChI=1S/C16H28N2O3/c1-13(19)11-15-12-21-10-9-18(15)16(20)17-8-7-14-5-3-2-4-6-14/h5,13,15,19H,2-4,6-12H2,1H3,(H,17,20)/t13-,15+/m0/s1. The van der Waals surface area contributed by atoms with E-state index >= 15 is 0 Å². The van der Waals surface area contributed by atoms with Crippen molar-refractivity contribution in [3.05, 3.63) is 11.6 Å². The molecule has 21 heavy (non-hydrogen) atoms. The van der Waals surface area contributed by atoms with Gasteiger partial charge in [0.15, 0.2) is 0 Å². The molecule has 0 saturated carbocycles. The summed E-state index contributed by atoms with van der Waals surface area (Å²) in [6.45, 7) is 4.15. The van der Waals surface area contributed by atoms with Crippen LogP contribution >= 0.6 is 0 Å². The number of aliphatic hydroxyl groups excluding tert-OH is 1. The van der Waals surface area contributed by atoms with Crippen molar-refractivity contribution in [3.8, 4) is 0 Å². The Hall–Kier alpha value is -1.07. The van der Waals surface area contributed by atoms with E-state index in [1.54, 1.807) is 6.92 Å². The lowest BCUT2D eigenvalue weighted by atomic mass is 9.97. The summed E-state index contributed by atoms with van der Waals surface area (Å²) in [7, 11) is 0. The van der Waals surface area contributed by atoms with Crippen molar-refractivity contribution in [1.29, 1.82) is 0 Å². The molecule has 0 bridgehead atoms. The number of carbonyl (C=O) groups is 1. The minimum absolute atomic E-state index is 0.0207. The summed E-state index contributed by atoms with van der Waals surface area (Å²) >= 11 is 0. The Kier molecular flexibility index (Phi) is 6.51. The summed E-state index contributed by atoms with van der Waals surface area (Å²) < 4.78 is 5.42. The smallest absolute Gasteiger partial charge is 0.317 e. The fourth-order valence-electron chi connectivity index (χ4n) is 3.07. The van der Waals surface area contributed by atoms with Gasteiger partial charge in [-0.3, -0.25) is 0 Å². The number of ether oxygens (including phenoxy) is 1. The molecule has 0 aromatic carbocycles. The molecule has 0 unspecified atom stereocenters. The lowest BCUT2D eigenvalue weighted by Gasteiger charge is -2.36. The van der Waals surface area contributed by atoms with Crippen LogP contribution in [0.2, 0.25) is 0 Å². The van der Waals surface area contributed by atoms with Gasteiger partial charge >= 0.3 is 6.03 Å². The van der Waals surface area contributed by atoms with Crippen molar-refractivity contribution in [1.82, 2.24) is 10.2 Å². The minimum Gasteiger partial charge on any atom is -0.393 e. The van der Waals surface area contributed by atoms with Gasteiger partial charge in [0, 0.05) is 13.1 Å². The Morgan fingerprint density at radius 1 is 1.57 bits per heavy atom. The van der Waals surface area contributed by atoms with E-state index in [2.05, 4.69) is 11.4 Å². The van der Waals surface area contributed by atoms with E-state index < -0.39 is 6.10 Å². The van der Waals surface area contributed by atoms with Crippen molar-refractivity contribution in [2.24, 2.45) is 0 Å². The third-order valence-corrected chi connectivity index (χ3v) is 4.21. The van der Waals surface area contributed by atoms with Gasteiger partial charge in [0.25, 0.3) is 0 Å². The van der Waals surface area contributed by atoms with Crippen molar-refractivity contribution >= 4 is 6.03 Å². The monoisotopic (exact) mass is 296 g/mol. The van der Waals surface area contributed by atoms with Gasteiger partial charge in [-0.2, -0.15) is 0 Å². The van der Waals surface area contributed by atoms with Gasteiger partial charge in [0.1, 0.15) is 0 Å². The highest BCUT2D eigenvalue weighted by Crippen LogP contribution is 2.19. The molecule has 0 spiro atoms. The lowest BCUT2D eigenvalue weighted by molar-refractivity contribution is -0.00425. The number of carbonyl (C=O) groups excluding carboxylic acids is 1. The molecule has 1 saturated heterocycles. The van der Waals surface area contributed by atoms with Gasteiger partial charge in [-0.25, -0.2) is 4.79 Å². The fourth-order valence-corrected chi connectivity index (χ4v) is 3.07. The van der Waals surface area contributed by atoms with Crippen LogP contribution in [-0.4, -0.2) is 54.5 Å². The highest BCUT2D eigenvalue weighted by molar-refractivity contribution is 5.74. The number of nitrogens with one attached hydrogen (secondary N) is 1. The Balaban J connectivity index is 1.76.